The molecule has 1 heterocycles. The molecule has 0 fully saturated rings. The van der Waals surface area contributed by atoms with Crippen molar-refractivity contribution in [3.63, 3.8) is 0 Å². The maximum atomic E-state index is 13.5. The van der Waals surface area contributed by atoms with Crippen LogP contribution in [0.15, 0.2) is 48.5 Å². The molecule has 0 unspecified atom stereocenters. The van der Waals surface area contributed by atoms with Crippen molar-refractivity contribution in [3.8, 4) is 5.75 Å². The summed E-state index contributed by atoms with van der Waals surface area (Å²) in [5, 5.41) is 0.504. The number of halogens is 5. The first kappa shape index (κ1) is 26.3. The van der Waals surface area contributed by atoms with Crippen molar-refractivity contribution < 1.29 is 23.9 Å². The number of nitrogens with zero attached hydrogens (tertiary/aromatic N) is 2. The molecule has 12 heteroatoms. The number of amides is 3. The summed E-state index contributed by atoms with van der Waals surface area (Å²) >= 11 is 30.5. The summed E-state index contributed by atoms with van der Waals surface area (Å²) in [4.78, 5) is 53.5. The number of hydrazine groups is 1. The van der Waals surface area contributed by atoms with Gasteiger partial charge in [0.05, 0.1) is 38.3 Å². The number of hydrogen-bond acceptors (Lipinski definition) is 5. The third kappa shape index (κ3) is 4.53. The van der Waals surface area contributed by atoms with E-state index in [1.54, 1.807) is 12.1 Å². The second-order valence-corrected chi connectivity index (χ2v) is 9.40. The van der Waals surface area contributed by atoms with E-state index in [0.717, 1.165) is 0 Å². The molecule has 0 N–H and O–H groups in total. The summed E-state index contributed by atoms with van der Waals surface area (Å²) in [7, 11) is 1.43. The second-order valence-electron chi connectivity index (χ2n) is 7.45. The van der Waals surface area contributed by atoms with Gasteiger partial charge in [0.25, 0.3) is 17.7 Å². The van der Waals surface area contributed by atoms with Gasteiger partial charge in [0, 0.05) is 16.1 Å². The summed E-state index contributed by atoms with van der Waals surface area (Å²) in [5.41, 5.74) is -0.419. The predicted octanol–water partition coefficient (Wildman–Crippen LogP) is 6.50. The zero-order valence-electron chi connectivity index (χ0n) is 18.2. The highest BCUT2D eigenvalue weighted by Gasteiger charge is 2.46. The lowest BCUT2D eigenvalue weighted by molar-refractivity contribution is 0.00532. The number of carbonyl (C=O) groups excluding carboxylic acids is 4. The molecule has 36 heavy (non-hydrogen) atoms. The summed E-state index contributed by atoms with van der Waals surface area (Å²) in [6.07, 6.45) is 0. The Morgan fingerprint density at radius 2 is 1.36 bits per heavy atom. The summed E-state index contributed by atoms with van der Waals surface area (Å²) in [5.74, 6) is -3.01. The largest absolute Gasteiger partial charge is 0.497 e. The Bertz CT molecular complexity index is 1390. The van der Waals surface area contributed by atoms with Crippen LogP contribution in [0.3, 0.4) is 0 Å². The third-order valence-electron chi connectivity index (χ3n) is 5.33. The molecule has 0 atom stereocenters. The number of Topliss-reactive ketones (excluding diaryl/α,β-unsaturated/α-hetero) is 1. The Kier molecular flexibility index (Phi) is 7.50. The zero-order chi connectivity index (χ0) is 26.3. The number of carbonyl (C=O) groups is 4. The fourth-order valence-corrected chi connectivity index (χ4v) is 4.70. The van der Waals surface area contributed by atoms with Gasteiger partial charge < -0.3 is 4.74 Å². The molecule has 0 aliphatic carbocycles. The van der Waals surface area contributed by atoms with Gasteiger partial charge in [-0.3, -0.25) is 19.2 Å². The fraction of sp³-hybridized carbons (Fsp3) is 0.0833. The molecule has 0 aromatic heterocycles. The molecule has 0 radical (unpaired) electrons. The highest BCUT2D eigenvalue weighted by Crippen LogP contribution is 2.45. The molecule has 7 nitrogen and oxygen atoms in total. The van der Waals surface area contributed by atoms with Gasteiger partial charge in [-0.25, -0.2) is 5.01 Å². The van der Waals surface area contributed by atoms with Crippen LogP contribution in [0.2, 0.25) is 25.1 Å². The summed E-state index contributed by atoms with van der Waals surface area (Å²) < 4.78 is 5.14. The Hall–Kier alpha value is -2.81. The van der Waals surface area contributed by atoms with Crippen molar-refractivity contribution in [2.75, 3.05) is 13.7 Å². The van der Waals surface area contributed by atoms with Crippen LogP contribution in [-0.4, -0.2) is 47.2 Å². The van der Waals surface area contributed by atoms with E-state index in [1.165, 1.54) is 43.5 Å². The van der Waals surface area contributed by atoms with E-state index >= 15 is 0 Å². The number of hydrogen-bond donors (Lipinski definition) is 0. The molecule has 3 aromatic carbocycles. The number of rotatable bonds is 6. The average molecular weight is 587 g/mol. The number of imide groups is 1. The lowest BCUT2D eigenvalue weighted by Gasteiger charge is -2.29. The first-order chi connectivity index (χ1) is 17.1. The van der Waals surface area contributed by atoms with Crippen LogP contribution < -0.4 is 4.74 Å². The van der Waals surface area contributed by atoms with E-state index < -0.39 is 30.0 Å². The van der Waals surface area contributed by atoms with Gasteiger partial charge in [-0.2, -0.15) is 5.01 Å². The highest BCUT2D eigenvalue weighted by atomic mass is 35.5. The molecule has 184 valence electrons. The summed E-state index contributed by atoms with van der Waals surface area (Å²) in [6.45, 7) is -0.684. The minimum absolute atomic E-state index is 0.0580. The molecule has 0 spiro atoms. The zero-order valence-corrected chi connectivity index (χ0v) is 21.9. The normalized spacial score (nSPS) is 12.6. The highest BCUT2D eigenvalue weighted by molar-refractivity contribution is 6.55. The van der Waals surface area contributed by atoms with Gasteiger partial charge in [-0.1, -0.05) is 70.1 Å². The first-order valence-electron chi connectivity index (χ1n) is 10.1. The molecule has 1 aliphatic rings. The lowest BCUT2D eigenvalue weighted by Crippen LogP contribution is -2.51. The van der Waals surface area contributed by atoms with E-state index in [2.05, 4.69) is 0 Å². The SMILES string of the molecule is COc1cccc(C(=O)CN(C(=O)c2ccc(Cl)cc2)N2C(=O)c3c(Cl)c(Cl)c(Cl)c(Cl)c3C2=O)c1. The van der Waals surface area contributed by atoms with Crippen LogP contribution in [0.5, 0.6) is 5.75 Å². The molecule has 0 bridgehead atoms. The van der Waals surface area contributed by atoms with Gasteiger partial charge in [-0.15, -0.1) is 0 Å². The van der Waals surface area contributed by atoms with Crippen LogP contribution in [0.25, 0.3) is 0 Å². The number of benzene rings is 3. The van der Waals surface area contributed by atoms with Crippen LogP contribution in [0, 0.1) is 0 Å². The maximum absolute atomic E-state index is 13.5. The molecule has 0 saturated carbocycles. The second kappa shape index (κ2) is 10.3. The fourth-order valence-electron chi connectivity index (χ4n) is 3.56. The van der Waals surface area contributed by atoms with Crippen molar-refractivity contribution in [3.05, 3.63) is 95.9 Å². The van der Waals surface area contributed by atoms with Crippen molar-refractivity contribution in [1.82, 2.24) is 10.0 Å². The van der Waals surface area contributed by atoms with Crippen LogP contribution >= 0.6 is 58.0 Å². The third-order valence-corrected chi connectivity index (χ3v) is 7.39. The van der Waals surface area contributed by atoms with Gasteiger partial charge in [0.1, 0.15) is 12.3 Å². The van der Waals surface area contributed by atoms with Crippen molar-refractivity contribution in [1.29, 1.82) is 0 Å². The molecular weight excluding hydrogens is 574 g/mol. The Balaban J connectivity index is 1.81. The monoisotopic (exact) mass is 584 g/mol. The Labute approximate surface area is 229 Å². The van der Waals surface area contributed by atoms with E-state index in [9.17, 15) is 19.2 Å². The van der Waals surface area contributed by atoms with Gasteiger partial charge in [-0.05, 0) is 36.4 Å². The van der Waals surface area contributed by atoms with Crippen molar-refractivity contribution >= 4 is 81.5 Å². The standard InChI is InChI=1S/C24H13Cl5N2O5/c1-36-14-4-2-3-12(9-14)15(32)10-30(22(33)11-5-7-13(25)8-6-11)31-23(34)16-17(24(31)35)19(27)21(29)20(28)18(16)26/h2-9H,10H2,1H3. The smallest absolute Gasteiger partial charge is 0.282 e. The van der Waals surface area contributed by atoms with Crippen LogP contribution in [0.4, 0.5) is 0 Å². The molecule has 1 aliphatic heterocycles. The molecule has 3 amide bonds. The number of ether oxygens (including phenoxy) is 1. The quantitative estimate of drug-likeness (QED) is 0.143. The van der Waals surface area contributed by atoms with E-state index in [-0.39, 0.29) is 42.3 Å². The molecular formula is C24H13Cl5N2O5. The first-order valence-corrected chi connectivity index (χ1v) is 11.9. The molecule has 0 saturated heterocycles. The number of fused-ring (bicyclic) bond motifs is 1. The topological polar surface area (TPSA) is 84.0 Å². The van der Waals surface area contributed by atoms with E-state index in [0.29, 0.717) is 20.8 Å². The van der Waals surface area contributed by atoms with Crippen LogP contribution in [0.1, 0.15) is 41.4 Å². The van der Waals surface area contributed by atoms with E-state index in [4.69, 9.17) is 62.7 Å². The van der Waals surface area contributed by atoms with Gasteiger partial charge in [0.15, 0.2) is 5.78 Å². The average Bonchev–Trinajstić information content (AvgIpc) is 3.14. The minimum Gasteiger partial charge on any atom is -0.497 e. The Morgan fingerprint density at radius 1 is 0.806 bits per heavy atom. The predicted molar refractivity (Wildman–Crippen MR) is 137 cm³/mol. The van der Waals surface area contributed by atoms with E-state index in [1.807, 2.05) is 0 Å². The minimum atomic E-state index is -0.999. The molecule has 3 aromatic rings. The Morgan fingerprint density at radius 3 is 1.89 bits per heavy atom. The van der Waals surface area contributed by atoms with Crippen molar-refractivity contribution in [2.45, 2.75) is 0 Å². The lowest BCUT2D eigenvalue weighted by atomic mass is 10.1. The van der Waals surface area contributed by atoms with Crippen molar-refractivity contribution in [2.24, 2.45) is 0 Å². The van der Waals surface area contributed by atoms with Gasteiger partial charge >= 0.3 is 0 Å². The van der Waals surface area contributed by atoms with Gasteiger partial charge in [0.2, 0.25) is 0 Å². The van der Waals surface area contributed by atoms with Crippen LogP contribution in [-0.2, 0) is 0 Å². The number of ketones is 1. The number of methoxy groups -OCH3 is 1. The maximum Gasteiger partial charge on any atom is 0.282 e. The molecule has 4 rings (SSSR count). The summed E-state index contributed by atoms with van der Waals surface area (Å²) in [6, 6.07) is 11.9.